The Morgan fingerprint density at radius 2 is 1.42 bits per heavy atom. The summed E-state index contributed by atoms with van der Waals surface area (Å²) in [6, 6.07) is 10.8. The molecule has 0 bridgehead atoms. The fourth-order valence-corrected chi connectivity index (χ4v) is 3.04. The van der Waals surface area contributed by atoms with Gasteiger partial charge in [-0.3, -0.25) is 9.59 Å². The molecule has 1 heterocycles. The normalized spacial score (nSPS) is 20.2. The lowest BCUT2D eigenvalue weighted by Gasteiger charge is -2.23. The fraction of sp³-hybridized carbons (Fsp3) is 0.263. The van der Waals surface area contributed by atoms with E-state index >= 15 is 0 Å². The number of likely N-dealkylation sites (tertiary alicyclic amines) is 1. The number of hydrogen-bond donors (Lipinski definition) is 0. The second-order valence-electron chi connectivity index (χ2n) is 6.38. The van der Waals surface area contributed by atoms with E-state index in [2.05, 4.69) is 0 Å². The summed E-state index contributed by atoms with van der Waals surface area (Å²) in [6.07, 6.45) is 0.538. The summed E-state index contributed by atoms with van der Waals surface area (Å²) in [5, 5.41) is 0. The van der Waals surface area contributed by atoms with Gasteiger partial charge in [-0.25, -0.2) is 8.78 Å². The number of rotatable bonds is 3. The quantitative estimate of drug-likeness (QED) is 0.805. The summed E-state index contributed by atoms with van der Waals surface area (Å²) in [7, 11) is 0. The predicted octanol–water partition coefficient (Wildman–Crippen LogP) is 3.70. The lowest BCUT2D eigenvalue weighted by atomic mass is 9.81. The van der Waals surface area contributed by atoms with E-state index in [4.69, 9.17) is 0 Å². The molecular formula is C19H17F2NO2. The number of Topliss-reactive ketones (excluding diaryl/α,β-unsaturated/α-hetero) is 1. The first-order valence-corrected chi connectivity index (χ1v) is 7.74. The minimum atomic E-state index is -0.701. The summed E-state index contributed by atoms with van der Waals surface area (Å²) in [5.41, 5.74) is 0.137. The van der Waals surface area contributed by atoms with Crippen LogP contribution in [0.15, 0.2) is 48.5 Å². The molecule has 0 saturated carbocycles. The van der Waals surface area contributed by atoms with E-state index in [0.717, 1.165) is 0 Å². The summed E-state index contributed by atoms with van der Waals surface area (Å²) < 4.78 is 26.0. The minimum absolute atomic E-state index is 0.100. The van der Waals surface area contributed by atoms with Crippen LogP contribution in [0.2, 0.25) is 0 Å². The van der Waals surface area contributed by atoms with Gasteiger partial charge in [-0.1, -0.05) is 6.92 Å². The zero-order valence-electron chi connectivity index (χ0n) is 13.3. The molecule has 1 unspecified atom stereocenters. The largest absolute Gasteiger partial charge is 0.338 e. The maximum absolute atomic E-state index is 13.0. The van der Waals surface area contributed by atoms with Crippen molar-refractivity contribution in [3.05, 3.63) is 71.3 Å². The predicted molar refractivity (Wildman–Crippen MR) is 85.8 cm³/mol. The second kappa shape index (κ2) is 6.15. The zero-order valence-corrected chi connectivity index (χ0v) is 13.3. The number of hydrogen-bond acceptors (Lipinski definition) is 2. The first kappa shape index (κ1) is 16.3. The number of carbonyl (C=O) groups excluding carboxylic acids is 2. The average molecular weight is 329 g/mol. The van der Waals surface area contributed by atoms with Crippen molar-refractivity contribution in [1.82, 2.24) is 4.90 Å². The Hall–Kier alpha value is -2.56. The summed E-state index contributed by atoms with van der Waals surface area (Å²) >= 11 is 0. The van der Waals surface area contributed by atoms with E-state index in [1.165, 1.54) is 48.5 Å². The first-order valence-electron chi connectivity index (χ1n) is 7.74. The molecule has 1 atom stereocenters. The Labute approximate surface area is 138 Å². The number of benzene rings is 2. The van der Waals surface area contributed by atoms with Crippen LogP contribution in [-0.4, -0.2) is 29.7 Å². The number of halogens is 2. The number of nitrogens with zero attached hydrogens (tertiary/aromatic N) is 1. The van der Waals surface area contributed by atoms with Gasteiger partial charge in [0, 0.05) is 24.2 Å². The third-order valence-corrected chi connectivity index (χ3v) is 4.51. The van der Waals surface area contributed by atoms with Gasteiger partial charge in [0.25, 0.3) is 5.91 Å². The van der Waals surface area contributed by atoms with Gasteiger partial charge in [-0.2, -0.15) is 0 Å². The molecule has 0 N–H and O–H groups in total. The fourth-order valence-electron chi connectivity index (χ4n) is 3.04. The average Bonchev–Trinajstić information content (AvgIpc) is 2.99. The van der Waals surface area contributed by atoms with E-state index in [9.17, 15) is 18.4 Å². The standard InChI is InChI=1S/C19H17F2NO2/c1-19(17(23)13-2-6-15(20)7-3-13)10-11-22(12-19)18(24)14-4-8-16(21)9-5-14/h2-9H,10-12H2,1H3. The van der Waals surface area contributed by atoms with Crippen LogP contribution in [0.4, 0.5) is 8.78 Å². The Balaban J connectivity index is 1.75. The molecule has 1 aliphatic heterocycles. The SMILES string of the molecule is CC1(C(=O)c2ccc(F)cc2)CCN(C(=O)c2ccc(F)cc2)C1. The van der Waals surface area contributed by atoms with Gasteiger partial charge in [0.05, 0.1) is 5.41 Å². The number of amides is 1. The molecule has 0 spiro atoms. The van der Waals surface area contributed by atoms with Gasteiger partial charge in [0.1, 0.15) is 11.6 Å². The van der Waals surface area contributed by atoms with E-state index in [0.29, 0.717) is 30.6 Å². The molecule has 0 aromatic heterocycles. The summed E-state index contributed by atoms with van der Waals surface area (Å²) in [6.45, 7) is 2.57. The molecule has 2 aromatic carbocycles. The molecule has 1 amide bonds. The molecule has 3 rings (SSSR count). The lowest BCUT2D eigenvalue weighted by molar-refractivity contribution is 0.0743. The van der Waals surface area contributed by atoms with E-state index in [1.807, 2.05) is 6.92 Å². The van der Waals surface area contributed by atoms with Crippen molar-refractivity contribution < 1.29 is 18.4 Å². The van der Waals surface area contributed by atoms with Crippen molar-refractivity contribution in [2.75, 3.05) is 13.1 Å². The summed E-state index contributed by atoms with van der Waals surface area (Å²) in [5.74, 6) is -1.11. The van der Waals surface area contributed by atoms with Crippen LogP contribution < -0.4 is 0 Å². The van der Waals surface area contributed by atoms with Crippen LogP contribution >= 0.6 is 0 Å². The highest BCUT2D eigenvalue weighted by atomic mass is 19.1. The maximum Gasteiger partial charge on any atom is 0.253 e. The highest BCUT2D eigenvalue weighted by Crippen LogP contribution is 2.34. The number of carbonyl (C=O) groups is 2. The highest BCUT2D eigenvalue weighted by molar-refractivity contribution is 6.02. The van der Waals surface area contributed by atoms with Gasteiger partial charge in [0.15, 0.2) is 5.78 Å². The lowest BCUT2D eigenvalue weighted by Crippen LogP contribution is -2.35. The van der Waals surface area contributed by atoms with Crippen molar-refractivity contribution in [3.63, 3.8) is 0 Å². The highest BCUT2D eigenvalue weighted by Gasteiger charge is 2.42. The van der Waals surface area contributed by atoms with Crippen LogP contribution in [0.3, 0.4) is 0 Å². The molecule has 124 valence electrons. The Morgan fingerprint density at radius 3 is 1.96 bits per heavy atom. The van der Waals surface area contributed by atoms with E-state index in [-0.39, 0.29) is 11.7 Å². The minimum Gasteiger partial charge on any atom is -0.338 e. The third-order valence-electron chi connectivity index (χ3n) is 4.51. The van der Waals surface area contributed by atoms with Gasteiger partial charge < -0.3 is 4.90 Å². The molecule has 0 aliphatic carbocycles. The van der Waals surface area contributed by atoms with Crippen LogP contribution in [0.1, 0.15) is 34.1 Å². The van der Waals surface area contributed by atoms with Crippen molar-refractivity contribution in [3.8, 4) is 0 Å². The molecule has 1 fully saturated rings. The van der Waals surface area contributed by atoms with Crippen LogP contribution in [0.5, 0.6) is 0 Å². The van der Waals surface area contributed by atoms with Crippen LogP contribution in [0.25, 0.3) is 0 Å². The monoisotopic (exact) mass is 329 g/mol. The molecule has 1 aliphatic rings. The molecular weight excluding hydrogens is 312 g/mol. The number of ketones is 1. The molecule has 1 saturated heterocycles. The molecule has 2 aromatic rings. The van der Waals surface area contributed by atoms with E-state index in [1.54, 1.807) is 4.90 Å². The van der Waals surface area contributed by atoms with Crippen molar-refractivity contribution >= 4 is 11.7 Å². The topological polar surface area (TPSA) is 37.4 Å². The van der Waals surface area contributed by atoms with Gasteiger partial charge >= 0.3 is 0 Å². The van der Waals surface area contributed by atoms with Gasteiger partial charge in [0.2, 0.25) is 0 Å². The van der Waals surface area contributed by atoms with Crippen molar-refractivity contribution in [2.24, 2.45) is 5.41 Å². The molecule has 24 heavy (non-hydrogen) atoms. The van der Waals surface area contributed by atoms with Crippen molar-refractivity contribution in [1.29, 1.82) is 0 Å². The molecule has 0 radical (unpaired) electrons. The molecule has 5 heteroatoms. The first-order chi connectivity index (χ1) is 11.4. The van der Waals surface area contributed by atoms with E-state index < -0.39 is 17.0 Å². The zero-order chi connectivity index (χ0) is 17.3. The van der Waals surface area contributed by atoms with Crippen LogP contribution in [0, 0.1) is 17.0 Å². The second-order valence-corrected chi connectivity index (χ2v) is 6.38. The maximum atomic E-state index is 13.0. The third kappa shape index (κ3) is 3.07. The molecule has 3 nitrogen and oxygen atoms in total. The van der Waals surface area contributed by atoms with Crippen molar-refractivity contribution in [2.45, 2.75) is 13.3 Å². The Bertz CT molecular complexity index is 771. The summed E-state index contributed by atoms with van der Waals surface area (Å²) in [4.78, 5) is 26.8. The van der Waals surface area contributed by atoms with Gasteiger partial charge in [-0.15, -0.1) is 0 Å². The Morgan fingerprint density at radius 1 is 0.917 bits per heavy atom. The smallest absolute Gasteiger partial charge is 0.253 e. The van der Waals surface area contributed by atoms with Gasteiger partial charge in [-0.05, 0) is 55.0 Å². The Kier molecular flexibility index (Phi) is 4.18. The van der Waals surface area contributed by atoms with Crippen LogP contribution in [-0.2, 0) is 0 Å².